The molecule has 2 heterocycles. The Labute approximate surface area is 132 Å². The molecule has 0 aromatic rings. The lowest BCUT2D eigenvalue weighted by Crippen LogP contribution is -2.51. The van der Waals surface area contributed by atoms with E-state index in [0.717, 1.165) is 24.5 Å². The molecule has 2 aliphatic rings. The van der Waals surface area contributed by atoms with Gasteiger partial charge in [-0.2, -0.15) is 0 Å². The predicted octanol–water partition coefficient (Wildman–Crippen LogP) is 2.96. The lowest BCUT2D eigenvalue weighted by molar-refractivity contribution is 0.0705. The van der Waals surface area contributed by atoms with Crippen LogP contribution in [0.1, 0.15) is 59.3 Å². The molecule has 1 unspecified atom stereocenters. The van der Waals surface area contributed by atoms with Crippen LogP contribution in [0, 0.1) is 5.92 Å². The fraction of sp³-hybridized carbons (Fsp3) is 1.00. The zero-order valence-electron chi connectivity index (χ0n) is 14.6. The average Bonchev–Trinajstić information content (AvgIpc) is 2.52. The molecular formula is C18H37N3. The average molecular weight is 296 g/mol. The third kappa shape index (κ3) is 5.54. The predicted molar refractivity (Wildman–Crippen MR) is 91.8 cm³/mol. The zero-order chi connectivity index (χ0) is 15.1. The molecule has 0 aromatic heterocycles. The van der Waals surface area contributed by atoms with Crippen molar-refractivity contribution in [1.29, 1.82) is 0 Å². The first-order valence-electron chi connectivity index (χ1n) is 9.39. The molecule has 0 aromatic carbocycles. The Bertz CT molecular complexity index is 266. The summed E-state index contributed by atoms with van der Waals surface area (Å²) in [6, 6.07) is 1.62. The summed E-state index contributed by atoms with van der Waals surface area (Å²) in [4.78, 5) is 5.52. The third-order valence-electron chi connectivity index (χ3n) is 5.33. The fourth-order valence-corrected chi connectivity index (χ4v) is 3.97. The summed E-state index contributed by atoms with van der Waals surface area (Å²) >= 11 is 0. The van der Waals surface area contributed by atoms with Gasteiger partial charge in [-0.3, -0.25) is 4.90 Å². The van der Waals surface area contributed by atoms with Crippen molar-refractivity contribution < 1.29 is 0 Å². The Morgan fingerprint density at radius 3 is 2.19 bits per heavy atom. The van der Waals surface area contributed by atoms with Crippen LogP contribution in [-0.2, 0) is 0 Å². The molecule has 0 aliphatic carbocycles. The van der Waals surface area contributed by atoms with Gasteiger partial charge in [0, 0.05) is 18.6 Å². The van der Waals surface area contributed by atoms with Crippen LogP contribution < -0.4 is 5.32 Å². The summed E-state index contributed by atoms with van der Waals surface area (Å²) in [7, 11) is 0. The zero-order valence-corrected chi connectivity index (χ0v) is 14.6. The van der Waals surface area contributed by atoms with Crippen LogP contribution in [0.5, 0.6) is 0 Å². The van der Waals surface area contributed by atoms with Crippen LogP contribution in [0.3, 0.4) is 0 Å². The normalized spacial score (nSPS) is 24.6. The number of hydrogen-bond donors (Lipinski definition) is 1. The molecule has 0 amide bonds. The Kier molecular flexibility index (Phi) is 7.48. The molecule has 21 heavy (non-hydrogen) atoms. The number of nitrogens with one attached hydrogen (secondary N) is 1. The maximum Gasteiger partial charge on any atom is 0.0218 e. The van der Waals surface area contributed by atoms with E-state index in [1.807, 2.05) is 0 Å². The van der Waals surface area contributed by atoms with Crippen molar-refractivity contribution in [2.75, 3.05) is 39.3 Å². The van der Waals surface area contributed by atoms with E-state index in [2.05, 4.69) is 35.9 Å². The lowest BCUT2D eigenvalue weighted by atomic mass is 9.98. The van der Waals surface area contributed by atoms with Crippen molar-refractivity contribution in [3.63, 3.8) is 0 Å². The molecule has 0 radical (unpaired) electrons. The maximum absolute atomic E-state index is 3.66. The van der Waals surface area contributed by atoms with Gasteiger partial charge in [-0.15, -0.1) is 0 Å². The van der Waals surface area contributed by atoms with Gasteiger partial charge < -0.3 is 10.2 Å². The Morgan fingerprint density at radius 2 is 1.62 bits per heavy atom. The number of nitrogens with zero attached hydrogens (tertiary/aromatic N) is 2. The van der Waals surface area contributed by atoms with Gasteiger partial charge in [0.2, 0.25) is 0 Å². The summed E-state index contributed by atoms with van der Waals surface area (Å²) in [5.74, 6) is 0.757. The number of likely N-dealkylation sites (tertiary alicyclic amines) is 2. The first kappa shape index (κ1) is 17.2. The summed E-state index contributed by atoms with van der Waals surface area (Å²) < 4.78 is 0. The van der Waals surface area contributed by atoms with Gasteiger partial charge in [-0.1, -0.05) is 27.2 Å². The molecule has 0 spiro atoms. The highest BCUT2D eigenvalue weighted by atomic mass is 15.2. The topological polar surface area (TPSA) is 18.5 Å². The van der Waals surface area contributed by atoms with Gasteiger partial charge in [0.15, 0.2) is 0 Å². The maximum atomic E-state index is 3.66. The minimum absolute atomic E-state index is 0.742. The van der Waals surface area contributed by atoms with E-state index in [1.165, 1.54) is 71.2 Å². The number of rotatable bonds is 7. The molecule has 3 heteroatoms. The fourth-order valence-electron chi connectivity index (χ4n) is 3.97. The van der Waals surface area contributed by atoms with Crippen molar-refractivity contribution in [3.05, 3.63) is 0 Å². The highest BCUT2D eigenvalue weighted by Gasteiger charge is 2.28. The van der Waals surface area contributed by atoms with E-state index in [4.69, 9.17) is 0 Å². The van der Waals surface area contributed by atoms with Crippen molar-refractivity contribution >= 4 is 0 Å². The van der Waals surface area contributed by atoms with Crippen LogP contribution in [0.25, 0.3) is 0 Å². The van der Waals surface area contributed by atoms with Gasteiger partial charge in [-0.25, -0.2) is 0 Å². The molecule has 2 saturated heterocycles. The monoisotopic (exact) mass is 295 g/mol. The smallest absolute Gasteiger partial charge is 0.0218 e. The molecule has 2 rings (SSSR count). The van der Waals surface area contributed by atoms with Gasteiger partial charge in [0.1, 0.15) is 0 Å². The van der Waals surface area contributed by atoms with Gasteiger partial charge >= 0.3 is 0 Å². The first-order chi connectivity index (χ1) is 10.2. The minimum Gasteiger partial charge on any atom is -0.315 e. The second-order valence-corrected chi connectivity index (χ2v) is 7.48. The van der Waals surface area contributed by atoms with Crippen LogP contribution in [0.15, 0.2) is 0 Å². The molecule has 1 N–H and O–H groups in total. The molecular weight excluding hydrogens is 258 g/mol. The largest absolute Gasteiger partial charge is 0.315 e. The minimum atomic E-state index is 0.742. The first-order valence-corrected chi connectivity index (χ1v) is 9.39. The highest BCUT2D eigenvalue weighted by molar-refractivity contribution is 4.84. The van der Waals surface area contributed by atoms with Crippen LogP contribution >= 0.6 is 0 Å². The number of piperidine rings is 2. The molecule has 0 saturated carbocycles. The molecule has 1 atom stereocenters. The highest BCUT2D eigenvalue weighted by Crippen LogP contribution is 2.22. The molecule has 3 nitrogen and oxygen atoms in total. The summed E-state index contributed by atoms with van der Waals surface area (Å²) in [6.45, 7) is 14.6. The van der Waals surface area contributed by atoms with E-state index in [9.17, 15) is 0 Å². The van der Waals surface area contributed by atoms with Crippen LogP contribution in [-0.4, -0.2) is 61.2 Å². The standard InChI is InChI=1S/C18H37N3/c1-4-17(15-19-14-16(2)3)21-12-8-18(9-13-21)20-10-6-5-7-11-20/h16-19H,4-15H2,1-3H3. The SMILES string of the molecule is CCC(CNCC(C)C)N1CCC(N2CCCCC2)CC1. The Hall–Kier alpha value is -0.120. The van der Waals surface area contributed by atoms with E-state index in [-0.39, 0.29) is 0 Å². The third-order valence-corrected chi connectivity index (χ3v) is 5.33. The molecule has 2 aliphatic heterocycles. The molecule has 0 bridgehead atoms. The van der Waals surface area contributed by atoms with Gasteiger partial charge in [0.25, 0.3) is 0 Å². The van der Waals surface area contributed by atoms with Crippen LogP contribution in [0.2, 0.25) is 0 Å². The van der Waals surface area contributed by atoms with Crippen molar-refractivity contribution in [1.82, 2.24) is 15.1 Å². The van der Waals surface area contributed by atoms with Gasteiger partial charge in [-0.05, 0) is 70.7 Å². The molecule has 2 fully saturated rings. The van der Waals surface area contributed by atoms with E-state index in [1.54, 1.807) is 0 Å². The van der Waals surface area contributed by atoms with Crippen molar-refractivity contribution in [2.45, 2.75) is 71.4 Å². The number of hydrogen-bond acceptors (Lipinski definition) is 3. The van der Waals surface area contributed by atoms with E-state index >= 15 is 0 Å². The van der Waals surface area contributed by atoms with E-state index < -0.39 is 0 Å². The lowest BCUT2D eigenvalue weighted by Gasteiger charge is -2.42. The second kappa shape index (κ2) is 9.12. The van der Waals surface area contributed by atoms with E-state index in [0.29, 0.717) is 0 Å². The quantitative estimate of drug-likeness (QED) is 0.779. The Balaban J connectivity index is 1.70. The van der Waals surface area contributed by atoms with Crippen molar-refractivity contribution in [2.24, 2.45) is 5.92 Å². The van der Waals surface area contributed by atoms with Gasteiger partial charge in [0.05, 0.1) is 0 Å². The van der Waals surface area contributed by atoms with Crippen molar-refractivity contribution in [3.8, 4) is 0 Å². The summed E-state index contributed by atoms with van der Waals surface area (Å²) in [5, 5.41) is 3.66. The molecule has 124 valence electrons. The summed E-state index contributed by atoms with van der Waals surface area (Å²) in [5.41, 5.74) is 0. The second-order valence-electron chi connectivity index (χ2n) is 7.48. The summed E-state index contributed by atoms with van der Waals surface area (Å²) in [6.07, 6.45) is 8.36. The van der Waals surface area contributed by atoms with Crippen LogP contribution in [0.4, 0.5) is 0 Å². The Morgan fingerprint density at radius 1 is 0.952 bits per heavy atom.